The van der Waals surface area contributed by atoms with Gasteiger partial charge in [0.15, 0.2) is 0 Å². The number of fused-ring (bicyclic) bond motifs is 2. The molecule has 0 spiro atoms. The van der Waals surface area contributed by atoms with E-state index >= 15 is 0 Å². The van der Waals surface area contributed by atoms with Crippen molar-refractivity contribution < 1.29 is 13.2 Å². The Morgan fingerprint density at radius 1 is 1.12 bits per heavy atom. The first-order chi connectivity index (χ1) is 11.9. The van der Waals surface area contributed by atoms with Gasteiger partial charge >= 0.3 is 6.18 Å². The molecule has 3 fully saturated rings. The Morgan fingerprint density at radius 2 is 1.88 bits per heavy atom. The van der Waals surface area contributed by atoms with Crippen molar-refractivity contribution in [2.75, 3.05) is 18.0 Å². The molecule has 25 heavy (non-hydrogen) atoms. The highest BCUT2D eigenvalue weighted by molar-refractivity contribution is 6.33. The number of aromatic nitrogens is 2. The fourth-order valence-electron chi connectivity index (χ4n) is 3.68. The molecule has 2 atom stereocenters. The van der Waals surface area contributed by atoms with Crippen molar-refractivity contribution in [2.24, 2.45) is 0 Å². The van der Waals surface area contributed by atoms with Crippen molar-refractivity contribution in [3.63, 3.8) is 0 Å². The summed E-state index contributed by atoms with van der Waals surface area (Å²) in [4.78, 5) is 12.4. The number of rotatable bonds is 3. The summed E-state index contributed by atoms with van der Waals surface area (Å²) >= 11 is 6.24. The summed E-state index contributed by atoms with van der Waals surface area (Å²) in [6.07, 6.45) is -0.250. The second-order valence-electron chi connectivity index (χ2n) is 6.50. The van der Waals surface area contributed by atoms with Crippen LogP contribution in [0, 0.1) is 0 Å². The highest BCUT2D eigenvalue weighted by Gasteiger charge is 2.45. The maximum Gasteiger partial charge on any atom is 0.433 e. The van der Waals surface area contributed by atoms with Gasteiger partial charge in [-0.15, -0.1) is 0 Å². The van der Waals surface area contributed by atoms with Gasteiger partial charge in [-0.3, -0.25) is 9.88 Å². The van der Waals surface area contributed by atoms with E-state index in [0.29, 0.717) is 23.7 Å². The van der Waals surface area contributed by atoms with Gasteiger partial charge in [0.05, 0.1) is 5.02 Å². The lowest BCUT2D eigenvalue weighted by Gasteiger charge is -2.57. The van der Waals surface area contributed by atoms with Crippen LogP contribution in [-0.4, -0.2) is 40.0 Å². The van der Waals surface area contributed by atoms with E-state index in [-0.39, 0.29) is 0 Å². The molecule has 4 nitrogen and oxygen atoms in total. The standard InChI is InChI=1S/C17H16ClF3N4/c18-14-2-1-5-22-16(14)25-12-6-13(25)10-24(9-12)8-11-3-4-15(23-7-11)17(19,20)21/h1-5,7,12-13H,6,8-10H2. The van der Waals surface area contributed by atoms with Gasteiger partial charge in [0.25, 0.3) is 0 Å². The van der Waals surface area contributed by atoms with Gasteiger partial charge in [0.2, 0.25) is 0 Å². The fourth-order valence-corrected chi connectivity index (χ4v) is 3.90. The minimum Gasteiger partial charge on any atom is -0.347 e. The summed E-state index contributed by atoms with van der Waals surface area (Å²) in [5.74, 6) is 0.821. The van der Waals surface area contributed by atoms with Crippen LogP contribution >= 0.6 is 11.6 Å². The highest BCUT2D eigenvalue weighted by Crippen LogP contribution is 2.39. The first-order valence-electron chi connectivity index (χ1n) is 8.05. The molecule has 132 valence electrons. The number of piperazine rings is 1. The number of pyridine rings is 2. The van der Waals surface area contributed by atoms with Crippen molar-refractivity contribution in [2.45, 2.75) is 31.2 Å². The third kappa shape index (κ3) is 3.18. The Bertz CT molecular complexity index is 753. The second-order valence-corrected chi connectivity index (χ2v) is 6.91. The zero-order chi connectivity index (χ0) is 17.6. The van der Waals surface area contributed by atoms with E-state index < -0.39 is 11.9 Å². The zero-order valence-corrected chi connectivity index (χ0v) is 14.0. The van der Waals surface area contributed by atoms with Crippen LogP contribution in [0.4, 0.5) is 19.0 Å². The average molecular weight is 369 g/mol. The number of hydrogen-bond donors (Lipinski definition) is 0. The van der Waals surface area contributed by atoms with Crippen LogP contribution in [0.15, 0.2) is 36.7 Å². The maximum atomic E-state index is 12.6. The largest absolute Gasteiger partial charge is 0.433 e. The molecule has 5 heterocycles. The van der Waals surface area contributed by atoms with Crippen LogP contribution in [-0.2, 0) is 12.7 Å². The molecule has 2 aromatic heterocycles. The lowest BCUT2D eigenvalue weighted by Crippen LogP contribution is -2.69. The Morgan fingerprint density at radius 3 is 2.48 bits per heavy atom. The normalized spacial score (nSPS) is 23.4. The van der Waals surface area contributed by atoms with Crippen molar-refractivity contribution >= 4 is 17.4 Å². The molecule has 5 rings (SSSR count). The SMILES string of the molecule is FC(F)(F)c1ccc(CN2CC3CC(C2)N3c2ncccc2Cl)cn1. The van der Waals surface area contributed by atoms with Crippen LogP contribution in [0.2, 0.25) is 5.02 Å². The molecule has 2 aromatic rings. The average Bonchev–Trinajstić information content (AvgIpc) is 2.56. The van der Waals surface area contributed by atoms with Crippen LogP contribution in [0.5, 0.6) is 0 Å². The van der Waals surface area contributed by atoms with E-state index in [1.54, 1.807) is 6.20 Å². The summed E-state index contributed by atoms with van der Waals surface area (Å²) < 4.78 is 37.7. The molecule has 3 aliphatic rings. The molecule has 2 unspecified atom stereocenters. The van der Waals surface area contributed by atoms with E-state index in [9.17, 15) is 13.2 Å². The van der Waals surface area contributed by atoms with E-state index in [1.165, 1.54) is 12.3 Å². The predicted octanol–water partition coefficient (Wildman–Crippen LogP) is 3.61. The molecule has 2 bridgehead atoms. The first-order valence-corrected chi connectivity index (χ1v) is 8.43. The minimum absolute atomic E-state index is 0.341. The predicted molar refractivity (Wildman–Crippen MR) is 88.4 cm³/mol. The Balaban J connectivity index is 1.41. The molecular weight excluding hydrogens is 353 g/mol. The van der Waals surface area contributed by atoms with Gasteiger partial charge < -0.3 is 4.90 Å². The fraction of sp³-hybridized carbons (Fsp3) is 0.412. The maximum absolute atomic E-state index is 12.6. The third-order valence-electron chi connectivity index (χ3n) is 4.77. The molecule has 3 saturated heterocycles. The molecule has 0 aliphatic carbocycles. The number of halogens is 4. The van der Waals surface area contributed by atoms with Crippen molar-refractivity contribution in [1.82, 2.24) is 14.9 Å². The molecule has 3 aliphatic heterocycles. The second kappa shape index (κ2) is 6.14. The summed E-state index contributed by atoms with van der Waals surface area (Å²) in [6.45, 7) is 2.27. The third-order valence-corrected chi connectivity index (χ3v) is 5.07. The summed E-state index contributed by atoms with van der Waals surface area (Å²) in [5, 5.41) is 0.651. The van der Waals surface area contributed by atoms with E-state index in [2.05, 4.69) is 19.8 Å². The molecule has 0 N–H and O–H groups in total. The van der Waals surface area contributed by atoms with Crippen LogP contribution in [0.1, 0.15) is 17.7 Å². The molecule has 0 amide bonds. The van der Waals surface area contributed by atoms with Gasteiger partial charge in [-0.2, -0.15) is 13.2 Å². The van der Waals surface area contributed by atoms with Crippen molar-refractivity contribution in [1.29, 1.82) is 0 Å². The minimum atomic E-state index is -4.40. The molecular formula is C17H16ClF3N4. The topological polar surface area (TPSA) is 32.3 Å². The van der Waals surface area contributed by atoms with Crippen LogP contribution < -0.4 is 4.90 Å². The van der Waals surface area contributed by atoms with Gasteiger partial charge in [-0.25, -0.2) is 4.98 Å². The van der Waals surface area contributed by atoms with E-state index in [4.69, 9.17) is 11.6 Å². The van der Waals surface area contributed by atoms with E-state index in [0.717, 1.165) is 37.0 Å². The molecule has 8 heteroatoms. The number of alkyl halides is 3. The number of nitrogens with zero attached hydrogens (tertiary/aromatic N) is 4. The summed E-state index contributed by atoms with van der Waals surface area (Å²) in [6, 6.07) is 6.88. The van der Waals surface area contributed by atoms with Gasteiger partial charge in [0, 0.05) is 44.1 Å². The summed E-state index contributed by atoms with van der Waals surface area (Å²) in [5.41, 5.74) is -0.0644. The van der Waals surface area contributed by atoms with E-state index in [1.807, 2.05) is 12.1 Å². The van der Waals surface area contributed by atoms with Crippen molar-refractivity contribution in [3.05, 3.63) is 52.9 Å². The number of piperidine rings is 1. The van der Waals surface area contributed by atoms with Gasteiger partial charge in [-0.05, 0) is 30.2 Å². The van der Waals surface area contributed by atoms with Crippen LogP contribution in [0.25, 0.3) is 0 Å². The smallest absolute Gasteiger partial charge is 0.347 e. The zero-order valence-electron chi connectivity index (χ0n) is 13.2. The molecule has 0 saturated carbocycles. The Labute approximate surface area is 148 Å². The lowest BCUT2D eigenvalue weighted by molar-refractivity contribution is -0.141. The van der Waals surface area contributed by atoms with Crippen LogP contribution in [0.3, 0.4) is 0 Å². The van der Waals surface area contributed by atoms with Gasteiger partial charge in [0.1, 0.15) is 11.5 Å². The lowest BCUT2D eigenvalue weighted by atomic mass is 9.87. The number of hydrogen-bond acceptors (Lipinski definition) is 4. The molecule has 0 radical (unpaired) electrons. The summed E-state index contributed by atoms with van der Waals surface area (Å²) in [7, 11) is 0. The van der Waals surface area contributed by atoms with Crippen molar-refractivity contribution in [3.8, 4) is 0 Å². The Hall–Kier alpha value is -1.86. The monoisotopic (exact) mass is 368 g/mol. The molecule has 0 aromatic carbocycles. The highest BCUT2D eigenvalue weighted by atomic mass is 35.5. The van der Waals surface area contributed by atoms with Gasteiger partial charge in [-0.1, -0.05) is 17.7 Å². The Kier molecular flexibility index (Phi) is 4.08. The number of anilines is 1. The quantitative estimate of drug-likeness (QED) is 0.828. The first kappa shape index (κ1) is 16.6.